The maximum atomic E-state index is 13.4. The SMILES string of the molecule is C.C.C/C(=N\NC(=N)N)c1cc(NC(=O)c2ccc(C(=O)Nc3cc(/C(C)=N/NC(=N)N)cc(/C(C)=N/NC(=N)N)c3)s2)cc(/C(C)=N/NC(=N)N)c1.CC(=O)c1cc(NC(=O)c2ccc(C(=O)Nc3cc(C(C)=O)cc(C(C)=O)c3)s2)cc(C(C)=O)c1.Cl.NN=C(N)N. The third-order valence-corrected chi connectivity index (χ3v) is 13.9. The molecule has 0 aliphatic rings. The van der Waals surface area contributed by atoms with Crippen molar-refractivity contribution in [1.82, 2.24) is 21.7 Å². The Kier molecular flexibility index (Phi) is 31.6. The minimum atomic E-state index is -0.512. The number of hydrogen-bond donors (Lipinski definition) is 19. The predicted molar refractivity (Wildman–Crippen MR) is 376 cm³/mol. The Bertz CT molecular complexity index is 3660. The fraction of sp³-hybridized carbons (Fsp3) is 0.169. The lowest BCUT2D eigenvalue weighted by atomic mass is 10.0. The van der Waals surface area contributed by atoms with Crippen LogP contribution < -0.4 is 83.2 Å². The predicted octanol–water partition coefficient (Wildman–Crippen LogP) is 5.97. The maximum Gasteiger partial charge on any atom is 0.265 e. The molecule has 0 spiro atoms. The quantitative estimate of drug-likeness (QED) is 0.0137. The Balaban J connectivity index is 0.000000895. The van der Waals surface area contributed by atoms with Gasteiger partial charge in [0.15, 0.2) is 23.1 Å². The maximum absolute atomic E-state index is 13.4. The number of nitrogens with one attached hydrogen (secondary N) is 12. The smallest absolute Gasteiger partial charge is 0.265 e. The number of amides is 4. The van der Waals surface area contributed by atoms with E-state index in [1.807, 2.05) is 0 Å². The fourth-order valence-corrected chi connectivity index (χ4v) is 8.81. The first-order valence-electron chi connectivity index (χ1n) is 26.2. The highest BCUT2D eigenvalue weighted by Crippen LogP contribution is 2.26. The van der Waals surface area contributed by atoms with Gasteiger partial charge >= 0.3 is 0 Å². The van der Waals surface area contributed by atoms with E-state index in [4.69, 9.17) is 56.0 Å². The summed E-state index contributed by atoms with van der Waals surface area (Å²) in [6.45, 7) is 12.2. The van der Waals surface area contributed by atoms with E-state index in [2.05, 4.69) is 74.3 Å². The van der Waals surface area contributed by atoms with Crippen LogP contribution in [-0.4, -0.2) is 99.4 Å². The first kappa shape index (κ1) is 80.0. The second-order valence-electron chi connectivity index (χ2n) is 19.0. The summed E-state index contributed by atoms with van der Waals surface area (Å²) in [6, 6.07) is 24.9. The van der Waals surface area contributed by atoms with Crippen LogP contribution in [-0.2, 0) is 0 Å². The van der Waals surface area contributed by atoms with Crippen molar-refractivity contribution in [3.05, 3.63) is 161 Å². The number of guanidine groups is 5. The van der Waals surface area contributed by atoms with Crippen LogP contribution in [0.5, 0.6) is 0 Å². The molecule has 0 unspecified atom stereocenters. The number of Topliss-reactive ketones (excluding diaryl/α,β-unsaturated/α-hetero) is 4. The number of carbonyl (C=O) groups is 8. The molecule has 4 aromatic carbocycles. The van der Waals surface area contributed by atoms with Crippen molar-refractivity contribution in [3.63, 3.8) is 0 Å². The Morgan fingerprint density at radius 1 is 0.340 bits per heavy atom. The van der Waals surface area contributed by atoms with Crippen LogP contribution in [0, 0.1) is 21.6 Å². The second-order valence-corrected chi connectivity index (χ2v) is 21.2. The Labute approximate surface area is 554 Å². The van der Waals surface area contributed by atoms with Crippen molar-refractivity contribution >= 4 is 157 Å². The molecule has 4 amide bonds. The topological polar surface area (TPSA) is 572 Å². The normalized spacial score (nSPS) is 10.7. The molecule has 0 aliphatic carbocycles. The van der Waals surface area contributed by atoms with Gasteiger partial charge in [-0.05, 0) is 152 Å². The molecule has 0 radical (unpaired) electrons. The molecule has 0 aliphatic heterocycles. The van der Waals surface area contributed by atoms with Crippen LogP contribution in [0.1, 0.15) is 173 Å². The van der Waals surface area contributed by atoms with Crippen LogP contribution in [0.15, 0.2) is 123 Å². The highest BCUT2D eigenvalue weighted by molar-refractivity contribution is 7.16. The number of thiophene rings is 2. The molecule has 2 heterocycles. The Morgan fingerprint density at radius 2 is 0.511 bits per heavy atom. The van der Waals surface area contributed by atoms with Gasteiger partial charge in [0, 0.05) is 67.3 Å². The number of nitrogens with zero attached hydrogens (tertiary/aromatic N) is 5. The van der Waals surface area contributed by atoms with E-state index in [1.54, 1.807) is 64.1 Å². The standard InChI is InChI=1S/C30H38N18O2S.C26H22N2O6S.CH6N4.2CH4.ClH/c1-13(41-45-27(31)32)17-7-18(14(2)42-46-28(33)34)10-21(9-17)39-25(49)23-5-6-24(51-23)26(50)40-22-11-19(15(3)43-47-29(35)36)8-20(12-22)16(4)44-48-30(37)38;1-13(29)17-7-18(14(2)30)10-21(9-17)27-25(33)23-5-6-24(35-23)26(34)28-22-11-19(15(3)31)8-20(12-22)16(4)32;2-1(3)5-4;;;/h5-12H,1-4H3,(H,39,49)(H,40,50)(H4,31,32,45)(H4,33,34,46)(H4,35,36,47)(H4,37,38,48);5-12H,1-4H3,(H,27,33)(H,28,34);4H2,(H4,2,3,5);2*1H4;1H/b41-13+,42-14+,43-15+,44-16+;;;;;. The van der Waals surface area contributed by atoms with Gasteiger partial charge in [-0.2, -0.15) is 20.4 Å². The van der Waals surface area contributed by atoms with E-state index < -0.39 is 23.6 Å². The van der Waals surface area contributed by atoms with Gasteiger partial charge in [0.05, 0.1) is 42.4 Å². The van der Waals surface area contributed by atoms with Gasteiger partial charge in [-0.15, -0.1) is 40.2 Å². The lowest BCUT2D eigenvalue weighted by molar-refractivity contribution is 0.0997. The Hall–Kier alpha value is -12.0. The summed E-state index contributed by atoms with van der Waals surface area (Å²) in [5.74, 6) is -0.0158. The van der Waals surface area contributed by atoms with Gasteiger partial charge in [0.1, 0.15) is 0 Å². The minimum absolute atomic E-state index is 0. The third-order valence-electron chi connectivity index (χ3n) is 11.7. The molecule has 35 heteroatoms. The summed E-state index contributed by atoms with van der Waals surface area (Å²) in [5.41, 5.74) is 46.9. The van der Waals surface area contributed by atoms with E-state index >= 15 is 0 Å². The second kappa shape index (κ2) is 37.2. The van der Waals surface area contributed by atoms with Gasteiger partial charge < -0.3 is 61.5 Å². The lowest BCUT2D eigenvalue weighted by Gasteiger charge is -2.12. The number of anilines is 4. The van der Waals surface area contributed by atoms with E-state index in [9.17, 15) is 38.4 Å². The average Bonchev–Trinajstić information content (AvgIpc) is 1.29. The van der Waals surface area contributed by atoms with Crippen molar-refractivity contribution in [3.8, 4) is 0 Å². The zero-order valence-corrected chi connectivity index (χ0v) is 53.0. The molecule has 6 rings (SSSR count). The van der Waals surface area contributed by atoms with Crippen LogP contribution >= 0.6 is 35.1 Å². The molecule has 6 aromatic rings. The van der Waals surface area contributed by atoms with Crippen LogP contribution in [0.2, 0.25) is 0 Å². The first-order valence-corrected chi connectivity index (χ1v) is 27.8. The number of ketones is 4. The van der Waals surface area contributed by atoms with Gasteiger partial charge in [-0.1, -0.05) is 14.9 Å². The van der Waals surface area contributed by atoms with Crippen molar-refractivity contribution in [1.29, 1.82) is 21.6 Å². The molecule has 0 saturated heterocycles. The molecular formula is C59H75ClN24O8S2. The van der Waals surface area contributed by atoms with E-state index in [-0.39, 0.29) is 133 Å². The number of nitrogens with two attached hydrogens (primary N) is 7. The monoisotopic (exact) mass is 1350 g/mol. The average molecular weight is 1350 g/mol. The zero-order valence-electron chi connectivity index (χ0n) is 50.5. The third kappa shape index (κ3) is 25.4. The molecule has 0 bridgehead atoms. The molecule has 32 nitrogen and oxygen atoms in total. The number of halogens is 1. The van der Waals surface area contributed by atoms with Crippen molar-refractivity contribution in [2.45, 2.75) is 70.2 Å². The molecule has 498 valence electrons. The van der Waals surface area contributed by atoms with E-state index in [0.29, 0.717) is 56.5 Å². The molecule has 0 saturated carbocycles. The number of carbonyl (C=O) groups excluding carboxylic acids is 8. The van der Waals surface area contributed by atoms with Crippen molar-refractivity contribution in [2.24, 2.45) is 65.8 Å². The van der Waals surface area contributed by atoms with Gasteiger partial charge in [0.2, 0.25) is 29.8 Å². The largest absolute Gasteiger partial charge is 0.369 e. The molecule has 0 fully saturated rings. The van der Waals surface area contributed by atoms with Crippen molar-refractivity contribution < 1.29 is 38.4 Å². The van der Waals surface area contributed by atoms with E-state index in [1.165, 1.54) is 88.4 Å². The number of hydrazone groups is 5. The molecule has 2 aromatic heterocycles. The fourth-order valence-electron chi connectivity index (χ4n) is 7.22. The molecule has 0 atom stereocenters. The summed E-state index contributed by atoms with van der Waals surface area (Å²) in [7, 11) is 0. The molecule has 26 N–H and O–H groups in total. The highest BCUT2D eigenvalue weighted by atomic mass is 35.5. The van der Waals surface area contributed by atoms with Crippen molar-refractivity contribution in [2.75, 3.05) is 21.3 Å². The molecule has 94 heavy (non-hydrogen) atoms. The van der Waals surface area contributed by atoms with Gasteiger partial charge in [0.25, 0.3) is 23.6 Å². The van der Waals surface area contributed by atoms with E-state index in [0.717, 1.165) is 22.7 Å². The van der Waals surface area contributed by atoms with Gasteiger partial charge in [-0.3, -0.25) is 60.0 Å². The highest BCUT2D eigenvalue weighted by Gasteiger charge is 2.20. The van der Waals surface area contributed by atoms with Crippen LogP contribution in [0.25, 0.3) is 0 Å². The Morgan fingerprint density at radius 3 is 0.670 bits per heavy atom. The minimum Gasteiger partial charge on any atom is -0.369 e. The summed E-state index contributed by atoms with van der Waals surface area (Å²) in [6.07, 6.45) is 0. The summed E-state index contributed by atoms with van der Waals surface area (Å²) >= 11 is 1.90. The van der Waals surface area contributed by atoms with Gasteiger partial charge in [-0.25, -0.2) is 21.7 Å². The zero-order chi connectivity index (χ0) is 68.0. The number of rotatable bonds is 20. The first-order chi connectivity index (χ1) is 42.7. The summed E-state index contributed by atoms with van der Waals surface area (Å²) in [4.78, 5) is 100. The summed E-state index contributed by atoms with van der Waals surface area (Å²) in [5, 5.41) is 59.6. The number of hydrogen-bond acceptors (Lipinski definition) is 20. The lowest BCUT2D eigenvalue weighted by Crippen LogP contribution is -2.27. The van der Waals surface area contributed by atoms with Crippen LogP contribution in [0.3, 0.4) is 0 Å². The number of benzene rings is 4. The summed E-state index contributed by atoms with van der Waals surface area (Å²) < 4.78 is 0. The van der Waals surface area contributed by atoms with Crippen LogP contribution in [0.4, 0.5) is 22.7 Å². The molecular weight excluding hydrogens is 1270 g/mol.